The Morgan fingerprint density at radius 3 is 2.62 bits per heavy atom. The molecule has 0 saturated carbocycles. The van der Waals surface area contributed by atoms with Crippen LogP contribution in [0.25, 0.3) is 0 Å². The van der Waals surface area contributed by atoms with Gasteiger partial charge in [-0.3, -0.25) is 4.79 Å². The van der Waals surface area contributed by atoms with Crippen LogP contribution in [0.4, 0.5) is 0 Å². The van der Waals surface area contributed by atoms with Crippen molar-refractivity contribution < 1.29 is 14.3 Å². The monoisotopic (exact) mass is 226 g/mol. The molecule has 5 heteroatoms. The van der Waals surface area contributed by atoms with E-state index in [1.807, 2.05) is 11.0 Å². The summed E-state index contributed by atoms with van der Waals surface area (Å²) in [6.45, 7) is 3.60. The largest absolute Gasteiger partial charge is 0.378 e. The summed E-state index contributed by atoms with van der Waals surface area (Å²) in [7, 11) is 0. The van der Waals surface area contributed by atoms with Gasteiger partial charge in [-0.25, -0.2) is 0 Å². The molecule has 1 heterocycles. The zero-order valence-corrected chi connectivity index (χ0v) is 9.48. The van der Waals surface area contributed by atoms with E-state index >= 15 is 0 Å². The number of likely N-dealkylation sites (tertiary alicyclic amines) is 1. The molecule has 1 saturated heterocycles. The number of nitriles is 1. The first-order chi connectivity index (χ1) is 7.84. The molecule has 0 N–H and O–H groups in total. The Morgan fingerprint density at radius 2 is 2.00 bits per heavy atom. The molecule has 0 atom stereocenters. The Hall–Kier alpha value is -1.12. The van der Waals surface area contributed by atoms with Crippen molar-refractivity contribution in [2.75, 3.05) is 39.5 Å². The van der Waals surface area contributed by atoms with Crippen molar-refractivity contribution >= 4 is 5.91 Å². The van der Waals surface area contributed by atoms with E-state index in [0.29, 0.717) is 45.8 Å². The van der Waals surface area contributed by atoms with Gasteiger partial charge in [-0.2, -0.15) is 5.26 Å². The molecule has 0 aliphatic carbocycles. The third kappa shape index (κ3) is 5.10. The second-order valence-electron chi connectivity index (χ2n) is 3.62. The van der Waals surface area contributed by atoms with Gasteiger partial charge in [0.2, 0.25) is 5.91 Å². The summed E-state index contributed by atoms with van der Waals surface area (Å²) in [5.74, 6) is 0.230. The first kappa shape index (κ1) is 12.9. The average Bonchev–Trinajstić information content (AvgIpc) is 2.68. The van der Waals surface area contributed by atoms with Crippen LogP contribution in [0.2, 0.25) is 0 Å². The second-order valence-corrected chi connectivity index (χ2v) is 3.62. The molecule has 1 fully saturated rings. The van der Waals surface area contributed by atoms with E-state index in [9.17, 15) is 4.79 Å². The van der Waals surface area contributed by atoms with Crippen molar-refractivity contribution in [3.8, 4) is 6.07 Å². The lowest BCUT2D eigenvalue weighted by Gasteiger charge is -2.15. The summed E-state index contributed by atoms with van der Waals surface area (Å²) < 4.78 is 10.5. The maximum absolute atomic E-state index is 11.2. The molecule has 1 amide bonds. The minimum Gasteiger partial charge on any atom is -0.378 e. The van der Waals surface area contributed by atoms with E-state index in [-0.39, 0.29) is 5.91 Å². The maximum atomic E-state index is 11.2. The van der Waals surface area contributed by atoms with E-state index in [1.165, 1.54) is 0 Å². The van der Waals surface area contributed by atoms with E-state index in [2.05, 4.69) is 0 Å². The summed E-state index contributed by atoms with van der Waals surface area (Å²) in [6, 6.07) is 2.00. The van der Waals surface area contributed by atoms with Gasteiger partial charge in [-0.15, -0.1) is 0 Å². The fraction of sp³-hybridized carbons (Fsp3) is 0.818. The summed E-state index contributed by atoms with van der Waals surface area (Å²) in [5, 5.41) is 8.25. The third-order valence-corrected chi connectivity index (χ3v) is 2.41. The van der Waals surface area contributed by atoms with Crippen LogP contribution in [-0.4, -0.2) is 50.3 Å². The number of hydrogen-bond donors (Lipinski definition) is 0. The van der Waals surface area contributed by atoms with Gasteiger partial charge in [0.25, 0.3) is 0 Å². The van der Waals surface area contributed by atoms with Crippen molar-refractivity contribution in [3.05, 3.63) is 0 Å². The summed E-state index contributed by atoms with van der Waals surface area (Å²) in [4.78, 5) is 13.1. The number of ether oxygens (including phenoxy) is 2. The van der Waals surface area contributed by atoms with E-state index in [4.69, 9.17) is 14.7 Å². The Labute approximate surface area is 95.9 Å². The van der Waals surface area contributed by atoms with Crippen molar-refractivity contribution in [1.29, 1.82) is 5.26 Å². The average molecular weight is 226 g/mol. The Morgan fingerprint density at radius 1 is 1.25 bits per heavy atom. The highest BCUT2D eigenvalue weighted by molar-refractivity contribution is 5.77. The van der Waals surface area contributed by atoms with Crippen LogP contribution in [0.1, 0.15) is 19.3 Å². The van der Waals surface area contributed by atoms with E-state index in [0.717, 1.165) is 13.0 Å². The van der Waals surface area contributed by atoms with Gasteiger partial charge in [-0.05, 0) is 6.42 Å². The first-order valence-corrected chi connectivity index (χ1v) is 5.65. The molecular weight excluding hydrogens is 208 g/mol. The standard InChI is InChI=1S/C11H18N2O3/c12-4-2-7-15-9-10-16-8-6-13-5-1-3-11(13)14/h1-3,5-10H2. The second kappa shape index (κ2) is 8.08. The lowest BCUT2D eigenvalue weighted by atomic mass is 10.4. The highest BCUT2D eigenvalue weighted by atomic mass is 16.5. The summed E-state index contributed by atoms with van der Waals surface area (Å²) >= 11 is 0. The molecule has 90 valence electrons. The van der Waals surface area contributed by atoms with Gasteiger partial charge in [-0.1, -0.05) is 0 Å². The lowest BCUT2D eigenvalue weighted by molar-refractivity contribution is -0.128. The van der Waals surface area contributed by atoms with Crippen LogP contribution >= 0.6 is 0 Å². The number of amides is 1. The molecule has 0 bridgehead atoms. The predicted octanol–water partition coefficient (Wildman–Crippen LogP) is 0.556. The first-order valence-electron chi connectivity index (χ1n) is 5.65. The highest BCUT2D eigenvalue weighted by Gasteiger charge is 2.18. The minimum atomic E-state index is 0.230. The van der Waals surface area contributed by atoms with Gasteiger partial charge in [0.15, 0.2) is 0 Å². The quantitative estimate of drug-likeness (QED) is 0.567. The summed E-state index contributed by atoms with van der Waals surface area (Å²) in [5.41, 5.74) is 0. The maximum Gasteiger partial charge on any atom is 0.222 e. The van der Waals surface area contributed by atoms with Crippen LogP contribution in [0.3, 0.4) is 0 Å². The van der Waals surface area contributed by atoms with Gasteiger partial charge in [0.05, 0.1) is 38.9 Å². The van der Waals surface area contributed by atoms with Crippen molar-refractivity contribution in [2.24, 2.45) is 0 Å². The normalized spacial score (nSPS) is 15.4. The third-order valence-electron chi connectivity index (χ3n) is 2.41. The Bertz CT molecular complexity index is 250. The molecule has 0 aromatic heterocycles. The molecule has 16 heavy (non-hydrogen) atoms. The van der Waals surface area contributed by atoms with Gasteiger partial charge < -0.3 is 14.4 Å². The fourth-order valence-corrected chi connectivity index (χ4v) is 1.55. The van der Waals surface area contributed by atoms with Crippen LogP contribution in [0.15, 0.2) is 0 Å². The Balaban J connectivity index is 1.85. The number of hydrogen-bond acceptors (Lipinski definition) is 4. The number of carbonyl (C=O) groups is 1. The molecule has 0 radical (unpaired) electrons. The SMILES string of the molecule is N#CCCOCCOCCN1CCCC1=O. The van der Waals surface area contributed by atoms with Gasteiger partial charge >= 0.3 is 0 Å². The molecule has 0 aromatic rings. The number of nitrogens with zero attached hydrogens (tertiary/aromatic N) is 2. The zero-order valence-electron chi connectivity index (χ0n) is 9.48. The van der Waals surface area contributed by atoms with Crippen molar-refractivity contribution in [3.63, 3.8) is 0 Å². The van der Waals surface area contributed by atoms with Crippen molar-refractivity contribution in [2.45, 2.75) is 19.3 Å². The molecule has 0 spiro atoms. The number of rotatable bonds is 8. The van der Waals surface area contributed by atoms with Crippen LogP contribution < -0.4 is 0 Å². The fourth-order valence-electron chi connectivity index (χ4n) is 1.55. The molecular formula is C11H18N2O3. The van der Waals surface area contributed by atoms with Gasteiger partial charge in [0.1, 0.15) is 0 Å². The van der Waals surface area contributed by atoms with E-state index < -0.39 is 0 Å². The molecule has 5 nitrogen and oxygen atoms in total. The summed E-state index contributed by atoms with van der Waals surface area (Å²) in [6.07, 6.45) is 2.07. The topological polar surface area (TPSA) is 62.6 Å². The van der Waals surface area contributed by atoms with Crippen LogP contribution in [0, 0.1) is 11.3 Å². The van der Waals surface area contributed by atoms with Gasteiger partial charge in [0, 0.05) is 19.5 Å². The number of carbonyl (C=O) groups excluding carboxylic acids is 1. The highest BCUT2D eigenvalue weighted by Crippen LogP contribution is 2.08. The van der Waals surface area contributed by atoms with E-state index in [1.54, 1.807) is 0 Å². The smallest absolute Gasteiger partial charge is 0.222 e. The minimum absolute atomic E-state index is 0.230. The zero-order chi connectivity index (χ0) is 11.6. The van der Waals surface area contributed by atoms with Crippen molar-refractivity contribution in [1.82, 2.24) is 4.90 Å². The lowest BCUT2D eigenvalue weighted by Crippen LogP contribution is -2.28. The molecule has 1 aliphatic heterocycles. The Kier molecular flexibility index (Phi) is 6.54. The molecule has 1 aliphatic rings. The van der Waals surface area contributed by atoms with Crippen LogP contribution in [0.5, 0.6) is 0 Å². The van der Waals surface area contributed by atoms with Crippen LogP contribution in [-0.2, 0) is 14.3 Å². The molecule has 1 rings (SSSR count). The predicted molar refractivity (Wildman–Crippen MR) is 57.7 cm³/mol. The molecule has 0 unspecified atom stereocenters. The molecule has 0 aromatic carbocycles.